The number of carbonyl (C=O) groups is 1. The summed E-state index contributed by atoms with van der Waals surface area (Å²) in [6.45, 7) is 0.644. The van der Waals surface area contributed by atoms with Crippen LogP contribution in [0.3, 0.4) is 0 Å². The Kier molecular flexibility index (Phi) is 6.32. The van der Waals surface area contributed by atoms with Crippen molar-refractivity contribution in [1.82, 2.24) is 4.90 Å². The van der Waals surface area contributed by atoms with Gasteiger partial charge in [0, 0.05) is 17.9 Å². The van der Waals surface area contributed by atoms with Gasteiger partial charge in [-0.2, -0.15) is 0 Å². The standard InChI is InChI=1S/C24H22FNO4S/c1-28-21-11-6-17(15-22(21)29-2)24-26(12-13-31-24)23(27)16-4-3-5-20(14-16)30-19-9-7-18(25)8-10-19/h3-11,14-15,24H,12-13H2,1-2H3. The van der Waals surface area contributed by atoms with E-state index in [1.54, 1.807) is 62.4 Å². The molecular formula is C24H22FNO4S. The first-order valence-electron chi connectivity index (χ1n) is 9.77. The molecule has 7 heteroatoms. The van der Waals surface area contributed by atoms with Crippen LogP contribution in [0.4, 0.5) is 4.39 Å². The van der Waals surface area contributed by atoms with Crippen molar-refractivity contribution >= 4 is 17.7 Å². The lowest BCUT2D eigenvalue weighted by atomic mass is 10.1. The number of halogens is 1. The van der Waals surface area contributed by atoms with Crippen LogP contribution < -0.4 is 14.2 Å². The molecule has 3 aromatic rings. The summed E-state index contributed by atoms with van der Waals surface area (Å²) in [5.41, 5.74) is 1.51. The van der Waals surface area contributed by atoms with Crippen LogP contribution in [0.15, 0.2) is 66.7 Å². The smallest absolute Gasteiger partial charge is 0.255 e. The number of ether oxygens (including phenoxy) is 3. The molecule has 31 heavy (non-hydrogen) atoms. The molecule has 0 aliphatic carbocycles. The maximum atomic E-state index is 13.3. The molecule has 0 radical (unpaired) electrons. The van der Waals surface area contributed by atoms with Gasteiger partial charge in [-0.3, -0.25) is 4.79 Å². The maximum Gasteiger partial charge on any atom is 0.255 e. The van der Waals surface area contributed by atoms with Crippen molar-refractivity contribution in [2.45, 2.75) is 5.37 Å². The summed E-state index contributed by atoms with van der Waals surface area (Å²) in [6.07, 6.45) is 0. The zero-order valence-electron chi connectivity index (χ0n) is 17.2. The molecule has 1 saturated heterocycles. The molecule has 160 valence electrons. The number of hydrogen-bond donors (Lipinski definition) is 0. The number of thioether (sulfide) groups is 1. The van der Waals surface area contributed by atoms with E-state index in [1.807, 2.05) is 23.1 Å². The van der Waals surface area contributed by atoms with E-state index in [-0.39, 0.29) is 17.1 Å². The lowest BCUT2D eigenvalue weighted by Gasteiger charge is -2.25. The van der Waals surface area contributed by atoms with E-state index in [4.69, 9.17) is 14.2 Å². The fraction of sp³-hybridized carbons (Fsp3) is 0.208. The molecular weight excluding hydrogens is 417 g/mol. The Labute approximate surface area is 184 Å². The minimum Gasteiger partial charge on any atom is -0.493 e. The second kappa shape index (κ2) is 9.31. The summed E-state index contributed by atoms with van der Waals surface area (Å²) >= 11 is 1.71. The topological polar surface area (TPSA) is 48.0 Å². The third-order valence-electron chi connectivity index (χ3n) is 4.97. The van der Waals surface area contributed by atoms with Gasteiger partial charge < -0.3 is 19.1 Å². The Morgan fingerprint density at radius 1 is 0.968 bits per heavy atom. The Morgan fingerprint density at radius 2 is 1.74 bits per heavy atom. The van der Waals surface area contributed by atoms with Crippen LogP contribution in [0.1, 0.15) is 21.3 Å². The Morgan fingerprint density at radius 3 is 2.48 bits per heavy atom. The summed E-state index contributed by atoms with van der Waals surface area (Å²) in [5, 5.41) is -0.117. The first kappa shape index (κ1) is 21.1. The highest BCUT2D eigenvalue weighted by atomic mass is 32.2. The Bertz CT molecular complexity index is 1070. The molecule has 1 unspecified atom stereocenters. The van der Waals surface area contributed by atoms with Crippen LogP contribution in [-0.2, 0) is 0 Å². The second-order valence-corrected chi connectivity index (χ2v) is 8.11. The molecule has 1 amide bonds. The molecule has 1 fully saturated rings. The highest BCUT2D eigenvalue weighted by molar-refractivity contribution is 7.99. The molecule has 5 nitrogen and oxygen atoms in total. The van der Waals surface area contributed by atoms with E-state index in [0.717, 1.165) is 11.3 Å². The van der Waals surface area contributed by atoms with Crippen molar-refractivity contribution in [3.8, 4) is 23.0 Å². The molecule has 0 aromatic heterocycles. The number of nitrogens with zero attached hydrogens (tertiary/aromatic N) is 1. The van der Waals surface area contributed by atoms with E-state index in [0.29, 0.717) is 35.1 Å². The van der Waals surface area contributed by atoms with E-state index >= 15 is 0 Å². The van der Waals surface area contributed by atoms with Crippen molar-refractivity contribution in [2.75, 3.05) is 26.5 Å². The van der Waals surface area contributed by atoms with Gasteiger partial charge in [-0.15, -0.1) is 11.8 Å². The van der Waals surface area contributed by atoms with E-state index in [9.17, 15) is 9.18 Å². The quantitative estimate of drug-likeness (QED) is 0.506. The summed E-state index contributed by atoms with van der Waals surface area (Å²) < 4.78 is 29.6. The second-order valence-electron chi connectivity index (χ2n) is 6.92. The largest absolute Gasteiger partial charge is 0.493 e. The summed E-state index contributed by atoms with van der Waals surface area (Å²) in [7, 11) is 3.19. The lowest BCUT2D eigenvalue weighted by molar-refractivity contribution is 0.0760. The van der Waals surface area contributed by atoms with Crippen LogP contribution in [0.5, 0.6) is 23.0 Å². The third kappa shape index (κ3) is 4.61. The van der Waals surface area contributed by atoms with Gasteiger partial charge >= 0.3 is 0 Å². The number of methoxy groups -OCH3 is 2. The van der Waals surface area contributed by atoms with Crippen molar-refractivity contribution < 1.29 is 23.4 Å². The molecule has 0 saturated carbocycles. The average Bonchev–Trinajstić information content (AvgIpc) is 3.29. The predicted octanol–water partition coefficient (Wildman–Crippen LogP) is 5.52. The Hall–Kier alpha value is -3.19. The van der Waals surface area contributed by atoms with Gasteiger partial charge in [-0.05, 0) is 60.2 Å². The van der Waals surface area contributed by atoms with Gasteiger partial charge in [0.2, 0.25) is 0 Å². The fourth-order valence-electron chi connectivity index (χ4n) is 3.46. The Balaban J connectivity index is 1.55. The van der Waals surface area contributed by atoms with Gasteiger partial charge in [-0.1, -0.05) is 12.1 Å². The number of amides is 1. The first-order chi connectivity index (χ1) is 15.1. The zero-order chi connectivity index (χ0) is 21.8. The van der Waals surface area contributed by atoms with Crippen molar-refractivity contribution in [3.63, 3.8) is 0 Å². The first-order valence-corrected chi connectivity index (χ1v) is 10.8. The minimum atomic E-state index is -0.330. The van der Waals surface area contributed by atoms with E-state index in [1.165, 1.54) is 12.1 Å². The van der Waals surface area contributed by atoms with Gasteiger partial charge in [0.25, 0.3) is 5.91 Å². The van der Waals surface area contributed by atoms with Crippen molar-refractivity contribution in [2.24, 2.45) is 0 Å². The molecule has 0 bridgehead atoms. The van der Waals surface area contributed by atoms with Gasteiger partial charge in [0.1, 0.15) is 22.7 Å². The van der Waals surface area contributed by atoms with Crippen LogP contribution in [-0.4, -0.2) is 37.3 Å². The zero-order valence-corrected chi connectivity index (χ0v) is 18.0. The fourth-order valence-corrected chi connectivity index (χ4v) is 4.70. The normalized spacial score (nSPS) is 15.6. The maximum absolute atomic E-state index is 13.3. The van der Waals surface area contributed by atoms with Crippen LogP contribution in [0.2, 0.25) is 0 Å². The number of carbonyl (C=O) groups excluding carboxylic acids is 1. The summed E-state index contributed by atoms with van der Waals surface area (Å²) in [6, 6.07) is 18.5. The SMILES string of the molecule is COc1ccc(C2SCCN2C(=O)c2cccc(Oc3ccc(F)cc3)c2)cc1OC. The van der Waals surface area contributed by atoms with E-state index in [2.05, 4.69) is 0 Å². The van der Waals surface area contributed by atoms with Crippen LogP contribution in [0, 0.1) is 5.82 Å². The predicted molar refractivity (Wildman–Crippen MR) is 119 cm³/mol. The molecule has 1 heterocycles. The summed E-state index contributed by atoms with van der Waals surface area (Å²) in [4.78, 5) is 15.2. The van der Waals surface area contributed by atoms with Gasteiger partial charge in [-0.25, -0.2) is 4.39 Å². The number of hydrogen-bond acceptors (Lipinski definition) is 5. The van der Waals surface area contributed by atoms with Crippen LogP contribution in [0.25, 0.3) is 0 Å². The monoisotopic (exact) mass is 439 g/mol. The molecule has 0 spiro atoms. The lowest BCUT2D eigenvalue weighted by Crippen LogP contribution is -2.30. The molecule has 3 aromatic carbocycles. The third-order valence-corrected chi connectivity index (χ3v) is 6.24. The molecule has 1 atom stereocenters. The highest BCUT2D eigenvalue weighted by Gasteiger charge is 2.32. The van der Waals surface area contributed by atoms with Gasteiger partial charge in [0.05, 0.1) is 14.2 Å². The number of benzene rings is 3. The van der Waals surface area contributed by atoms with Crippen molar-refractivity contribution in [1.29, 1.82) is 0 Å². The molecule has 0 N–H and O–H groups in total. The minimum absolute atomic E-state index is 0.0747. The molecule has 4 rings (SSSR count). The van der Waals surface area contributed by atoms with Crippen molar-refractivity contribution in [3.05, 3.63) is 83.7 Å². The van der Waals surface area contributed by atoms with E-state index < -0.39 is 0 Å². The van der Waals surface area contributed by atoms with Crippen LogP contribution >= 0.6 is 11.8 Å². The molecule has 1 aliphatic rings. The number of rotatable bonds is 6. The van der Waals surface area contributed by atoms with Gasteiger partial charge in [0.15, 0.2) is 11.5 Å². The highest BCUT2D eigenvalue weighted by Crippen LogP contribution is 2.41. The summed E-state index contributed by atoms with van der Waals surface area (Å²) in [5.74, 6) is 2.75. The molecule has 1 aliphatic heterocycles. The average molecular weight is 440 g/mol.